The number of hydrogen-bond acceptors (Lipinski definition) is 2. The van der Waals surface area contributed by atoms with Gasteiger partial charge < -0.3 is 9.89 Å². The highest BCUT2D eigenvalue weighted by Crippen LogP contribution is 2.04. The summed E-state index contributed by atoms with van der Waals surface area (Å²) in [6, 6.07) is 1.37. The maximum Gasteiger partial charge on any atom is 0.264 e. The number of aromatic amines is 2. The van der Waals surface area contributed by atoms with Crippen LogP contribution in [0, 0.1) is 0 Å². The third kappa shape index (κ3) is 1.15. The number of H-pyrrole nitrogens is 2. The summed E-state index contributed by atoms with van der Waals surface area (Å²) in [5.41, 5.74) is 0.420. The summed E-state index contributed by atoms with van der Waals surface area (Å²) in [6.07, 6.45) is 0.777. The van der Waals surface area contributed by atoms with Crippen LogP contribution in [0.15, 0.2) is 10.9 Å². The van der Waals surface area contributed by atoms with E-state index in [0.717, 1.165) is 6.29 Å². The zero-order valence-corrected chi connectivity index (χ0v) is 5.55. The Morgan fingerprint density at radius 1 is 1.60 bits per heavy atom. The van der Waals surface area contributed by atoms with Gasteiger partial charge in [0.05, 0.1) is 5.92 Å². The molecule has 4 nitrogen and oxygen atoms in total. The smallest absolute Gasteiger partial charge is 0.264 e. The van der Waals surface area contributed by atoms with E-state index in [9.17, 15) is 9.59 Å². The summed E-state index contributed by atoms with van der Waals surface area (Å²) >= 11 is 0. The van der Waals surface area contributed by atoms with Gasteiger partial charge in [-0.2, -0.15) is 0 Å². The Morgan fingerprint density at radius 3 is 2.70 bits per heavy atom. The number of rotatable bonds is 2. The molecule has 4 heteroatoms. The van der Waals surface area contributed by atoms with Gasteiger partial charge in [-0.05, 0) is 0 Å². The average molecular weight is 140 g/mol. The second-order valence-electron chi connectivity index (χ2n) is 2.14. The minimum Gasteiger partial charge on any atom is -0.303 e. The molecular weight excluding hydrogens is 132 g/mol. The molecule has 0 aromatic carbocycles. The first-order valence-corrected chi connectivity index (χ1v) is 2.97. The van der Waals surface area contributed by atoms with Crippen molar-refractivity contribution in [3.63, 3.8) is 0 Å². The lowest BCUT2D eigenvalue weighted by Gasteiger charge is -1.94. The van der Waals surface area contributed by atoms with Crippen molar-refractivity contribution in [1.29, 1.82) is 0 Å². The van der Waals surface area contributed by atoms with E-state index in [1.807, 2.05) is 0 Å². The van der Waals surface area contributed by atoms with E-state index in [1.165, 1.54) is 6.07 Å². The van der Waals surface area contributed by atoms with Gasteiger partial charge in [0.15, 0.2) is 0 Å². The molecule has 0 aliphatic carbocycles. The van der Waals surface area contributed by atoms with Crippen molar-refractivity contribution >= 4 is 6.29 Å². The third-order valence-electron chi connectivity index (χ3n) is 1.31. The molecular formula is C6H8N2O2. The molecule has 1 aromatic rings. The van der Waals surface area contributed by atoms with Crippen LogP contribution in [0.1, 0.15) is 18.5 Å². The summed E-state index contributed by atoms with van der Waals surface area (Å²) in [6.45, 7) is 1.71. The second kappa shape index (κ2) is 2.51. The van der Waals surface area contributed by atoms with Crippen LogP contribution in [0.3, 0.4) is 0 Å². The maximum atomic E-state index is 10.5. The number of aromatic nitrogens is 2. The van der Waals surface area contributed by atoms with Crippen LogP contribution in [0.25, 0.3) is 0 Å². The molecule has 0 spiro atoms. The number of carbonyl (C=O) groups excluding carboxylic acids is 1. The summed E-state index contributed by atoms with van der Waals surface area (Å²) in [5, 5.41) is 4.93. The molecule has 54 valence electrons. The minimum absolute atomic E-state index is 0.205. The minimum atomic E-state index is -0.237. The third-order valence-corrected chi connectivity index (χ3v) is 1.31. The van der Waals surface area contributed by atoms with Crippen molar-refractivity contribution in [1.82, 2.24) is 10.2 Å². The predicted octanol–water partition coefficient (Wildman–Crippen LogP) is 0.00540. The monoisotopic (exact) mass is 140 g/mol. The van der Waals surface area contributed by atoms with Gasteiger partial charge in [-0.25, -0.2) is 0 Å². The fourth-order valence-corrected chi connectivity index (χ4v) is 0.666. The van der Waals surface area contributed by atoms with Gasteiger partial charge in [-0.1, -0.05) is 6.92 Å². The number of hydrogen-bond donors (Lipinski definition) is 2. The zero-order chi connectivity index (χ0) is 7.56. The van der Waals surface area contributed by atoms with Gasteiger partial charge in [-0.15, -0.1) is 0 Å². The largest absolute Gasteiger partial charge is 0.303 e. The van der Waals surface area contributed by atoms with E-state index < -0.39 is 0 Å². The van der Waals surface area contributed by atoms with Crippen molar-refractivity contribution in [2.45, 2.75) is 12.8 Å². The lowest BCUT2D eigenvalue weighted by molar-refractivity contribution is -0.108. The molecule has 2 N–H and O–H groups in total. The second-order valence-corrected chi connectivity index (χ2v) is 2.14. The Labute approximate surface area is 57.2 Å². The van der Waals surface area contributed by atoms with E-state index in [1.54, 1.807) is 6.92 Å². The highest BCUT2D eigenvalue weighted by atomic mass is 16.1. The molecule has 0 saturated carbocycles. The van der Waals surface area contributed by atoms with Crippen LogP contribution in [0.5, 0.6) is 0 Å². The molecule has 1 heterocycles. The maximum absolute atomic E-state index is 10.5. The Kier molecular flexibility index (Phi) is 1.71. The molecule has 1 rings (SSSR count). The van der Waals surface area contributed by atoms with Gasteiger partial charge in [-0.3, -0.25) is 9.89 Å². The molecule has 0 amide bonds. The zero-order valence-electron chi connectivity index (χ0n) is 5.55. The number of carbonyl (C=O) groups is 1. The molecule has 0 aliphatic heterocycles. The molecule has 1 unspecified atom stereocenters. The normalized spacial score (nSPS) is 12.9. The van der Waals surface area contributed by atoms with Crippen LogP contribution in [-0.4, -0.2) is 16.5 Å². The topological polar surface area (TPSA) is 65.7 Å². The number of aldehydes is 1. The molecule has 0 fully saturated rings. The van der Waals surface area contributed by atoms with Crippen molar-refractivity contribution < 1.29 is 4.79 Å². The van der Waals surface area contributed by atoms with Crippen molar-refractivity contribution in [3.8, 4) is 0 Å². The highest BCUT2D eigenvalue weighted by Gasteiger charge is 2.04. The average Bonchev–Trinajstić information content (AvgIpc) is 2.34. The Hall–Kier alpha value is -1.32. The Balaban J connectivity index is 2.94. The van der Waals surface area contributed by atoms with Crippen molar-refractivity contribution in [2.24, 2.45) is 0 Å². The quantitative estimate of drug-likeness (QED) is 0.568. The van der Waals surface area contributed by atoms with Gasteiger partial charge in [0, 0.05) is 11.8 Å². The summed E-state index contributed by atoms with van der Waals surface area (Å²) in [4.78, 5) is 20.7. The molecule has 0 aliphatic rings. The summed E-state index contributed by atoms with van der Waals surface area (Å²) in [7, 11) is 0. The van der Waals surface area contributed by atoms with Crippen LogP contribution < -0.4 is 5.56 Å². The molecule has 0 bridgehead atoms. The Morgan fingerprint density at radius 2 is 2.30 bits per heavy atom. The van der Waals surface area contributed by atoms with Crippen LogP contribution in [0.4, 0.5) is 0 Å². The van der Waals surface area contributed by atoms with E-state index >= 15 is 0 Å². The van der Waals surface area contributed by atoms with Crippen LogP contribution >= 0.6 is 0 Å². The molecule has 1 atom stereocenters. The van der Waals surface area contributed by atoms with Crippen LogP contribution in [0.2, 0.25) is 0 Å². The van der Waals surface area contributed by atoms with Crippen molar-refractivity contribution in [2.75, 3.05) is 0 Å². The van der Waals surface area contributed by atoms with Gasteiger partial charge in [0.2, 0.25) is 0 Å². The van der Waals surface area contributed by atoms with E-state index in [0.29, 0.717) is 5.69 Å². The predicted molar refractivity (Wildman–Crippen MR) is 35.9 cm³/mol. The first-order chi connectivity index (χ1) is 4.74. The summed E-state index contributed by atoms with van der Waals surface area (Å²) < 4.78 is 0. The van der Waals surface area contributed by atoms with Crippen LogP contribution in [-0.2, 0) is 4.79 Å². The lowest BCUT2D eigenvalue weighted by atomic mass is 10.1. The molecule has 10 heavy (non-hydrogen) atoms. The molecule has 1 aromatic heterocycles. The van der Waals surface area contributed by atoms with Crippen molar-refractivity contribution in [3.05, 3.63) is 22.1 Å². The van der Waals surface area contributed by atoms with E-state index in [2.05, 4.69) is 10.2 Å². The van der Waals surface area contributed by atoms with Gasteiger partial charge in [0.25, 0.3) is 5.56 Å². The fourth-order valence-electron chi connectivity index (χ4n) is 0.666. The molecule has 0 saturated heterocycles. The van der Waals surface area contributed by atoms with Gasteiger partial charge >= 0.3 is 0 Å². The summed E-state index contributed by atoms with van der Waals surface area (Å²) in [5.74, 6) is -0.237. The molecule has 0 radical (unpaired) electrons. The highest BCUT2D eigenvalue weighted by molar-refractivity contribution is 5.59. The van der Waals surface area contributed by atoms with E-state index in [-0.39, 0.29) is 11.5 Å². The fraction of sp³-hybridized carbons (Fsp3) is 0.333. The first kappa shape index (κ1) is 6.80. The SMILES string of the molecule is CC(C=O)c1cc(=O)[nH][nH]1. The lowest BCUT2D eigenvalue weighted by Crippen LogP contribution is -1.95. The van der Waals surface area contributed by atoms with E-state index in [4.69, 9.17) is 0 Å². The Bertz CT molecular complexity index is 273. The van der Waals surface area contributed by atoms with Gasteiger partial charge in [0.1, 0.15) is 6.29 Å². The number of nitrogens with one attached hydrogen (secondary N) is 2. The standard InChI is InChI=1S/C6H8N2O2/c1-4(3-9)5-2-6(10)8-7-5/h2-4H,1H3,(H2,7,8,10). The first-order valence-electron chi connectivity index (χ1n) is 2.97.